The minimum atomic E-state index is 0.926. The molecule has 124 valence electrons. The van der Waals surface area contributed by atoms with Gasteiger partial charge in [-0.1, -0.05) is 84.6 Å². The van der Waals surface area contributed by atoms with Crippen LogP contribution in [0.5, 0.6) is 0 Å². The normalized spacial score (nSPS) is 13.3. The molecule has 0 saturated carbocycles. The van der Waals surface area contributed by atoms with Crippen LogP contribution in [0.15, 0.2) is 95.9 Å². The zero-order valence-electron chi connectivity index (χ0n) is 14.3. The van der Waals surface area contributed by atoms with Crippen molar-refractivity contribution in [3.63, 3.8) is 0 Å². The first-order valence-corrected chi connectivity index (χ1v) is 9.79. The van der Waals surface area contributed by atoms with Crippen LogP contribution in [0.25, 0.3) is 21.9 Å². The summed E-state index contributed by atoms with van der Waals surface area (Å²) < 4.78 is 2.33. The van der Waals surface area contributed by atoms with Crippen molar-refractivity contribution in [1.82, 2.24) is 0 Å². The third-order valence-electron chi connectivity index (χ3n) is 4.82. The van der Waals surface area contributed by atoms with Crippen LogP contribution in [-0.4, -0.2) is 16.7 Å². The number of rotatable bonds is 2. The highest BCUT2D eigenvalue weighted by atomic mass is 32.2. The monoisotopic (exact) mass is 352 g/mol. The fourth-order valence-electron chi connectivity index (χ4n) is 3.60. The van der Waals surface area contributed by atoms with Gasteiger partial charge in [0.1, 0.15) is 0 Å². The molecule has 0 spiro atoms. The molecule has 1 nitrogen and oxygen atoms in total. The summed E-state index contributed by atoms with van der Waals surface area (Å²) in [5.41, 5.74) is 5.17. The lowest BCUT2D eigenvalue weighted by molar-refractivity contribution is -0.411. The van der Waals surface area contributed by atoms with Gasteiger partial charge in [-0.05, 0) is 22.4 Å². The second-order valence-corrected chi connectivity index (χ2v) is 7.42. The van der Waals surface area contributed by atoms with Crippen LogP contribution in [0.3, 0.4) is 0 Å². The molecule has 0 N–H and O–H groups in total. The van der Waals surface area contributed by atoms with Crippen LogP contribution < -0.4 is 0 Å². The predicted octanol–water partition coefficient (Wildman–Crippen LogP) is 6.33. The number of hydrogen-bond acceptors (Lipinski definition) is 1. The van der Waals surface area contributed by atoms with Crippen molar-refractivity contribution in [2.45, 2.75) is 4.90 Å². The summed E-state index contributed by atoms with van der Waals surface area (Å²) in [4.78, 5) is 1.38. The molecule has 0 atom stereocenters. The maximum absolute atomic E-state index is 2.33. The highest BCUT2D eigenvalue weighted by molar-refractivity contribution is 7.99. The number of thioether (sulfide) groups is 1. The standard InChI is InChI=1S/C24H18NS/c1-3-9-18(10-4-1)23-22-14-8-7-11-19(22)15-20-16-25(17-26-24(20)23)21-12-5-2-6-13-21/h1-16H,17H2/q+1. The van der Waals surface area contributed by atoms with E-state index in [9.17, 15) is 0 Å². The van der Waals surface area contributed by atoms with Crippen LogP contribution in [0.1, 0.15) is 5.56 Å². The molecule has 0 fully saturated rings. The number of hydrogen-bond donors (Lipinski definition) is 0. The van der Waals surface area contributed by atoms with E-state index in [4.69, 9.17) is 0 Å². The van der Waals surface area contributed by atoms with Crippen molar-refractivity contribution < 1.29 is 4.58 Å². The zero-order valence-corrected chi connectivity index (χ0v) is 15.1. The van der Waals surface area contributed by atoms with E-state index in [1.807, 2.05) is 11.8 Å². The van der Waals surface area contributed by atoms with Crippen molar-refractivity contribution >= 4 is 34.4 Å². The number of nitrogens with zero attached hydrogens (tertiary/aromatic N) is 1. The van der Waals surface area contributed by atoms with Gasteiger partial charge >= 0.3 is 0 Å². The van der Waals surface area contributed by atoms with Gasteiger partial charge in [-0.25, -0.2) is 0 Å². The van der Waals surface area contributed by atoms with Crippen LogP contribution >= 0.6 is 11.8 Å². The van der Waals surface area contributed by atoms with Gasteiger partial charge in [0, 0.05) is 22.6 Å². The topological polar surface area (TPSA) is 3.01 Å². The quantitative estimate of drug-likeness (QED) is 0.381. The second kappa shape index (κ2) is 6.47. The van der Waals surface area contributed by atoms with E-state index >= 15 is 0 Å². The van der Waals surface area contributed by atoms with Crippen molar-refractivity contribution in [2.75, 3.05) is 5.88 Å². The molecule has 0 aromatic heterocycles. The van der Waals surface area contributed by atoms with Crippen LogP contribution in [0.4, 0.5) is 5.69 Å². The summed E-state index contributed by atoms with van der Waals surface area (Å²) in [6, 6.07) is 32.4. The van der Waals surface area contributed by atoms with Gasteiger partial charge in [0.2, 0.25) is 5.69 Å². The van der Waals surface area contributed by atoms with Gasteiger partial charge in [0.15, 0.2) is 12.1 Å². The van der Waals surface area contributed by atoms with Crippen molar-refractivity contribution in [3.8, 4) is 11.1 Å². The van der Waals surface area contributed by atoms with Crippen molar-refractivity contribution in [1.29, 1.82) is 0 Å². The van der Waals surface area contributed by atoms with E-state index in [2.05, 4.69) is 102 Å². The van der Waals surface area contributed by atoms with Crippen LogP contribution in [0.2, 0.25) is 0 Å². The third kappa shape index (κ3) is 2.63. The van der Waals surface area contributed by atoms with Crippen LogP contribution in [-0.2, 0) is 0 Å². The minimum Gasteiger partial charge on any atom is -0.188 e. The lowest BCUT2D eigenvalue weighted by Crippen LogP contribution is -2.13. The molecule has 1 aliphatic rings. The largest absolute Gasteiger partial charge is 0.205 e. The van der Waals surface area contributed by atoms with Gasteiger partial charge < -0.3 is 0 Å². The average molecular weight is 352 g/mol. The second-order valence-electron chi connectivity index (χ2n) is 6.46. The Morgan fingerprint density at radius 2 is 1.42 bits per heavy atom. The fraction of sp³-hybridized carbons (Fsp3) is 0.0417. The molecule has 4 aromatic carbocycles. The molecule has 0 amide bonds. The van der Waals surface area contributed by atoms with Gasteiger partial charge in [-0.15, -0.1) is 0 Å². The average Bonchev–Trinajstić information content (AvgIpc) is 2.73. The molecular formula is C24H18NS+. The summed E-state index contributed by atoms with van der Waals surface area (Å²) in [6.07, 6.45) is 2.29. The molecule has 0 saturated heterocycles. The Hall–Kier alpha value is -2.84. The molecule has 0 bridgehead atoms. The molecule has 0 aliphatic carbocycles. The van der Waals surface area contributed by atoms with E-state index in [0.717, 1.165) is 5.88 Å². The molecule has 26 heavy (non-hydrogen) atoms. The third-order valence-corrected chi connectivity index (χ3v) is 5.96. The number of para-hydroxylation sites is 1. The Balaban J connectivity index is 1.78. The lowest BCUT2D eigenvalue weighted by Gasteiger charge is -2.18. The Morgan fingerprint density at radius 1 is 0.731 bits per heavy atom. The first-order chi connectivity index (χ1) is 12.9. The highest BCUT2D eigenvalue weighted by Gasteiger charge is 2.23. The van der Waals surface area contributed by atoms with E-state index < -0.39 is 0 Å². The molecule has 5 rings (SSSR count). The van der Waals surface area contributed by atoms with Crippen molar-refractivity contribution in [3.05, 3.63) is 96.6 Å². The molecule has 1 heterocycles. The van der Waals surface area contributed by atoms with Crippen LogP contribution in [0, 0.1) is 0 Å². The number of benzene rings is 4. The molecule has 4 aromatic rings. The zero-order chi connectivity index (χ0) is 17.3. The maximum atomic E-state index is 2.33. The van der Waals surface area contributed by atoms with Gasteiger partial charge in [-0.2, -0.15) is 4.58 Å². The van der Waals surface area contributed by atoms with Gasteiger partial charge in [0.05, 0.1) is 5.56 Å². The smallest absolute Gasteiger partial charge is 0.188 e. The van der Waals surface area contributed by atoms with Crippen molar-refractivity contribution in [2.24, 2.45) is 0 Å². The summed E-state index contributed by atoms with van der Waals surface area (Å²) in [5.74, 6) is 0.926. The summed E-state index contributed by atoms with van der Waals surface area (Å²) in [5, 5.41) is 2.61. The van der Waals surface area contributed by atoms with Gasteiger partial charge in [-0.3, -0.25) is 0 Å². The molecule has 0 unspecified atom stereocenters. The van der Waals surface area contributed by atoms with Gasteiger partial charge in [0.25, 0.3) is 0 Å². The number of fused-ring (bicyclic) bond motifs is 2. The Bertz CT molecular complexity index is 1110. The van der Waals surface area contributed by atoms with E-state index in [1.165, 1.54) is 38.0 Å². The molecule has 2 heteroatoms. The first kappa shape index (κ1) is 15.4. The summed E-state index contributed by atoms with van der Waals surface area (Å²) in [7, 11) is 0. The Kier molecular flexibility index (Phi) is 3.84. The fourth-order valence-corrected chi connectivity index (χ4v) is 4.74. The molecular weight excluding hydrogens is 334 g/mol. The van der Waals surface area contributed by atoms with E-state index in [-0.39, 0.29) is 0 Å². The lowest BCUT2D eigenvalue weighted by atomic mass is 9.95. The SMILES string of the molecule is C1=[N+](c2ccccc2)CSc2c1cc1ccccc1c2-c1ccccc1. The minimum absolute atomic E-state index is 0.926. The van der Waals surface area contributed by atoms with E-state index in [1.54, 1.807) is 0 Å². The maximum Gasteiger partial charge on any atom is 0.205 e. The first-order valence-electron chi connectivity index (χ1n) is 8.81. The Labute approximate surface area is 157 Å². The molecule has 1 aliphatic heterocycles. The predicted molar refractivity (Wildman–Crippen MR) is 112 cm³/mol. The Morgan fingerprint density at radius 3 is 2.23 bits per heavy atom. The highest BCUT2D eigenvalue weighted by Crippen LogP contribution is 2.41. The van der Waals surface area contributed by atoms with E-state index in [0.29, 0.717) is 0 Å². The summed E-state index contributed by atoms with van der Waals surface area (Å²) >= 11 is 1.92. The molecule has 0 radical (unpaired) electrons. The summed E-state index contributed by atoms with van der Waals surface area (Å²) in [6.45, 7) is 0.